The number of benzene rings is 2. The summed E-state index contributed by atoms with van der Waals surface area (Å²) in [5, 5.41) is 10.9. The van der Waals surface area contributed by atoms with E-state index in [2.05, 4.69) is 15.3 Å². The fraction of sp³-hybridized carbons (Fsp3) is 0.333. The van der Waals surface area contributed by atoms with E-state index >= 15 is 0 Å². The van der Waals surface area contributed by atoms with Crippen LogP contribution in [0, 0.1) is 12.8 Å². The molecule has 11 heteroatoms. The molecule has 6 rings (SSSR count). The van der Waals surface area contributed by atoms with Gasteiger partial charge in [0, 0.05) is 42.3 Å². The quantitative estimate of drug-likeness (QED) is 0.257. The third-order valence-electron chi connectivity index (χ3n) is 7.43. The third-order valence-corrected chi connectivity index (χ3v) is 7.72. The number of nitrogens with zero attached hydrogens (tertiary/aromatic N) is 4. The van der Waals surface area contributed by atoms with Crippen molar-refractivity contribution in [2.75, 3.05) is 25.0 Å². The van der Waals surface area contributed by atoms with Crippen molar-refractivity contribution in [3.63, 3.8) is 0 Å². The Balaban J connectivity index is 0.00000108. The summed E-state index contributed by atoms with van der Waals surface area (Å²) < 4.78 is 7.86. The van der Waals surface area contributed by atoms with E-state index in [4.69, 9.17) is 32.0 Å². The first-order valence-corrected chi connectivity index (χ1v) is 14.0. The lowest BCUT2D eigenvalue weighted by atomic mass is 9.96. The Hall–Kier alpha value is -4.15. The van der Waals surface area contributed by atoms with Crippen molar-refractivity contribution in [3.8, 4) is 17.0 Å². The molecule has 4 aromatic rings. The summed E-state index contributed by atoms with van der Waals surface area (Å²) in [6.07, 6.45) is 9.83. The number of rotatable bonds is 7. The number of halogens is 1. The monoisotopic (exact) mass is 576 g/mol. The van der Waals surface area contributed by atoms with Crippen LogP contribution < -0.4 is 15.8 Å². The van der Waals surface area contributed by atoms with E-state index in [9.17, 15) is 4.79 Å². The maximum atomic E-state index is 13.1. The van der Waals surface area contributed by atoms with Gasteiger partial charge >= 0.3 is 0 Å². The van der Waals surface area contributed by atoms with E-state index in [0.29, 0.717) is 40.8 Å². The molecule has 0 atom stereocenters. The summed E-state index contributed by atoms with van der Waals surface area (Å²) in [7, 11) is 0. The second-order valence-corrected chi connectivity index (χ2v) is 10.7. The number of likely N-dealkylation sites (tertiary alicyclic amines) is 1. The molecule has 2 aromatic heterocycles. The molecule has 41 heavy (non-hydrogen) atoms. The molecule has 214 valence electrons. The SMILES string of the molecule is Cc1cc(Nc2nccn3c(-c4ccc(OC5CC5)c(Cl)c4)cnc23)ccc1C(=O)N1CCC(CN)CC1.O=CO. The first kappa shape index (κ1) is 28.4. The van der Waals surface area contributed by atoms with Crippen molar-refractivity contribution < 1.29 is 19.4 Å². The first-order valence-electron chi connectivity index (χ1n) is 13.6. The maximum Gasteiger partial charge on any atom is 0.290 e. The van der Waals surface area contributed by atoms with E-state index in [-0.39, 0.29) is 12.4 Å². The Morgan fingerprint density at radius 3 is 2.59 bits per heavy atom. The Kier molecular flexibility index (Phi) is 8.70. The molecule has 3 heterocycles. The van der Waals surface area contributed by atoms with Gasteiger partial charge in [-0.15, -0.1) is 0 Å². The van der Waals surface area contributed by atoms with Crippen LogP contribution in [0.1, 0.15) is 41.6 Å². The normalized spacial score (nSPS) is 15.2. The number of piperidine rings is 1. The predicted molar refractivity (Wildman–Crippen MR) is 158 cm³/mol. The minimum Gasteiger partial charge on any atom is -0.489 e. The number of hydrogen-bond acceptors (Lipinski definition) is 7. The molecule has 1 aliphatic heterocycles. The zero-order chi connectivity index (χ0) is 28.9. The number of imidazole rings is 1. The Morgan fingerprint density at radius 1 is 1.17 bits per heavy atom. The van der Waals surface area contributed by atoms with Crippen molar-refractivity contribution in [2.24, 2.45) is 11.7 Å². The van der Waals surface area contributed by atoms with Gasteiger partial charge in [0.2, 0.25) is 0 Å². The van der Waals surface area contributed by atoms with Crippen molar-refractivity contribution in [1.82, 2.24) is 19.3 Å². The van der Waals surface area contributed by atoms with Crippen LogP contribution in [-0.2, 0) is 4.79 Å². The highest BCUT2D eigenvalue weighted by Gasteiger charge is 2.25. The molecule has 1 aliphatic carbocycles. The molecule has 2 aliphatic rings. The number of carbonyl (C=O) groups is 2. The molecule has 2 fully saturated rings. The second kappa shape index (κ2) is 12.6. The predicted octanol–water partition coefficient (Wildman–Crippen LogP) is 5.15. The lowest BCUT2D eigenvalue weighted by Gasteiger charge is -2.31. The lowest BCUT2D eigenvalue weighted by molar-refractivity contribution is -0.122. The largest absolute Gasteiger partial charge is 0.489 e. The maximum absolute atomic E-state index is 13.1. The number of ether oxygens (including phenoxy) is 1. The third kappa shape index (κ3) is 6.44. The zero-order valence-corrected chi connectivity index (χ0v) is 23.6. The molecule has 2 aromatic carbocycles. The van der Waals surface area contributed by atoms with Gasteiger partial charge < -0.3 is 25.8 Å². The van der Waals surface area contributed by atoms with E-state index in [1.807, 2.05) is 65.0 Å². The average Bonchev–Trinajstić information content (AvgIpc) is 3.69. The summed E-state index contributed by atoms with van der Waals surface area (Å²) in [4.78, 5) is 32.6. The average molecular weight is 577 g/mol. The highest BCUT2D eigenvalue weighted by atomic mass is 35.5. The summed E-state index contributed by atoms with van der Waals surface area (Å²) in [6.45, 7) is 3.92. The van der Waals surface area contributed by atoms with Crippen LogP contribution >= 0.6 is 11.6 Å². The summed E-state index contributed by atoms with van der Waals surface area (Å²) in [6, 6.07) is 11.6. The van der Waals surface area contributed by atoms with Crippen LogP contribution in [0.3, 0.4) is 0 Å². The molecule has 4 N–H and O–H groups in total. The van der Waals surface area contributed by atoms with Crippen molar-refractivity contribution in [3.05, 3.63) is 71.1 Å². The van der Waals surface area contributed by atoms with Gasteiger partial charge in [0.1, 0.15) is 5.75 Å². The number of carboxylic acid groups (broad SMARTS) is 1. The topological polar surface area (TPSA) is 135 Å². The van der Waals surface area contributed by atoms with Crippen LogP contribution in [0.2, 0.25) is 5.02 Å². The van der Waals surface area contributed by atoms with E-state index < -0.39 is 0 Å². The molecule has 1 saturated carbocycles. The highest BCUT2D eigenvalue weighted by molar-refractivity contribution is 6.32. The van der Waals surface area contributed by atoms with Gasteiger partial charge in [-0.3, -0.25) is 14.0 Å². The van der Waals surface area contributed by atoms with Crippen molar-refractivity contribution in [1.29, 1.82) is 0 Å². The van der Waals surface area contributed by atoms with E-state index in [1.54, 1.807) is 6.20 Å². The number of carbonyl (C=O) groups excluding carboxylic acids is 1. The number of fused-ring (bicyclic) bond motifs is 1. The van der Waals surface area contributed by atoms with Crippen LogP contribution in [0.4, 0.5) is 11.5 Å². The minimum atomic E-state index is -0.250. The molecule has 0 spiro atoms. The fourth-order valence-corrected chi connectivity index (χ4v) is 5.23. The summed E-state index contributed by atoms with van der Waals surface area (Å²) in [5.41, 5.74) is 10.8. The Bertz CT molecular complexity index is 1550. The number of anilines is 2. The Labute approximate surface area is 243 Å². The van der Waals surface area contributed by atoms with Gasteiger partial charge in [-0.1, -0.05) is 11.6 Å². The molecule has 1 saturated heterocycles. The van der Waals surface area contributed by atoms with Gasteiger partial charge in [-0.05, 0) is 87.0 Å². The molecule has 0 unspecified atom stereocenters. The van der Waals surface area contributed by atoms with Crippen molar-refractivity contribution >= 4 is 41.1 Å². The molecule has 1 amide bonds. The van der Waals surface area contributed by atoms with Crippen LogP contribution in [0.5, 0.6) is 5.75 Å². The molecule has 10 nitrogen and oxygen atoms in total. The van der Waals surface area contributed by atoms with E-state index in [1.165, 1.54) is 0 Å². The molecular formula is C30H33ClN6O4. The number of nitrogens with one attached hydrogen (secondary N) is 1. The van der Waals surface area contributed by atoms with Crippen LogP contribution in [0.25, 0.3) is 16.9 Å². The summed E-state index contributed by atoms with van der Waals surface area (Å²) in [5.74, 6) is 1.94. The van der Waals surface area contributed by atoms with Gasteiger partial charge in [-0.2, -0.15) is 0 Å². The smallest absolute Gasteiger partial charge is 0.290 e. The second-order valence-electron chi connectivity index (χ2n) is 10.3. The number of aromatic nitrogens is 3. The lowest BCUT2D eigenvalue weighted by Crippen LogP contribution is -2.40. The summed E-state index contributed by atoms with van der Waals surface area (Å²) >= 11 is 6.51. The minimum absolute atomic E-state index is 0.0786. The number of nitrogens with two attached hydrogens (primary N) is 1. The molecule has 0 bridgehead atoms. The van der Waals surface area contributed by atoms with Gasteiger partial charge in [0.15, 0.2) is 11.5 Å². The highest BCUT2D eigenvalue weighted by Crippen LogP contribution is 2.35. The number of aryl methyl sites for hydroxylation is 1. The Morgan fingerprint density at radius 2 is 1.93 bits per heavy atom. The zero-order valence-electron chi connectivity index (χ0n) is 22.8. The van der Waals surface area contributed by atoms with Gasteiger partial charge in [0.05, 0.1) is 23.0 Å². The number of amides is 1. The van der Waals surface area contributed by atoms with E-state index in [0.717, 1.165) is 66.8 Å². The molecular weight excluding hydrogens is 544 g/mol. The standard InChI is InChI=1S/C29H31ClN6O2.CH2O2/c1-18-14-21(3-6-23(18)29(37)35-11-8-19(16-31)9-12-35)34-27-28-33-17-25(36(28)13-10-32-27)20-2-7-26(24(30)15-20)38-22-4-5-22;2-1-3/h2-3,6-7,10,13-15,17,19,22H,4-5,8-9,11-12,16,31H2,1H3,(H,32,34);1H,(H,2,3). The van der Waals surface area contributed by atoms with Crippen LogP contribution in [0.15, 0.2) is 55.0 Å². The van der Waals surface area contributed by atoms with Crippen LogP contribution in [-0.4, -0.2) is 62.5 Å². The number of hydrogen-bond donors (Lipinski definition) is 3. The first-order chi connectivity index (χ1) is 19.9. The van der Waals surface area contributed by atoms with Gasteiger partial charge in [-0.25, -0.2) is 9.97 Å². The fourth-order valence-electron chi connectivity index (χ4n) is 5.00. The molecule has 0 radical (unpaired) electrons. The van der Waals surface area contributed by atoms with Gasteiger partial charge in [0.25, 0.3) is 12.4 Å². The van der Waals surface area contributed by atoms with Crippen molar-refractivity contribution in [2.45, 2.75) is 38.7 Å².